The Morgan fingerprint density at radius 1 is 1.75 bits per heavy atom. The third-order valence-electron chi connectivity index (χ3n) is 1.33. The molecule has 0 N–H and O–H groups in total. The molecular formula is C9H10ClNO. The van der Waals surface area contributed by atoms with Gasteiger partial charge >= 0.3 is 0 Å². The maximum Gasteiger partial charge on any atom is 0.137 e. The predicted octanol–water partition coefficient (Wildman–Crippen LogP) is 2.74. The van der Waals surface area contributed by atoms with Crippen molar-refractivity contribution in [3.8, 4) is 0 Å². The fraction of sp³-hybridized carbons (Fsp3) is 0.222. The predicted molar refractivity (Wildman–Crippen MR) is 49.9 cm³/mol. The molecule has 0 spiro atoms. The Hall–Kier alpha value is -1.02. The Morgan fingerprint density at radius 3 is 3.08 bits per heavy atom. The zero-order valence-electron chi connectivity index (χ0n) is 6.88. The number of pyridine rings is 1. The molecule has 0 amide bonds. The lowest BCUT2D eigenvalue weighted by Crippen LogP contribution is -1.92. The van der Waals surface area contributed by atoms with Crippen LogP contribution in [0.5, 0.6) is 0 Å². The largest absolute Gasteiger partial charge is 0.492 e. The average Bonchev–Trinajstić information content (AvgIpc) is 2.05. The van der Waals surface area contributed by atoms with E-state index in [-0.39, 0.29) is 0 Å². The van der Waals surface area contributed by atoms with Crippen LogP contribution >= 0.6 is 11.6 Å². The van der Waals surface area contributed by atoms with E-state index in [1.54, 1.807) is 18.3 Å². The van der Waals surface area contributed by atoms with Crippen molar-refractivity contribution in [3.05, 3.63) is 35.6 Å². The summed E-state index contributed by atoms with van der Waals surface area (Å²) in [5.74, 6) is 0.556. The van der Waals surface area contributed by atoms with Crippen molar-refractivity contribution in [2.75, 3.05) is 6.61 Å². The van der Waals surface area contributed by atoms with Crippen molar-refractivity contribution in [2.24, 2.45) is 0 Å². The van der Waals surface area contributed by atoms with Gasteiger partial charge in [0.05, 0.1) is 6.61 Å². The minimum atomic E-state index is 0.556. The lowest BCUT2D eigenvalue weighted by molar-refractivity contribution is 0.298. The van der Waals surface area contributed by atoms with Gasteiger partial charge in [0.1, 0.15) is 11.5 Å². The van der Waals surface area contributed by atoms with Gasteiger partial charge in [-0.05, 0) is 19.1 Å². The number of halogens is 1. The lowest BCUT2D eigenvalue weighted by Gasteiger charge is -2.05. The van der Waals surface area contributed by atoms with Crippen molar-refractivity contribution in [2.45, 2.75) is 6.92 Å². The Morgan fingerprint density at radius 2 is 2.50 bits per heavy atom. The summed E-state index contributed by atoms with van der Waals surface area (Å²) in [6.45, 7) is 6.20. The second kappa shape index (κ2) is 4.12. The molecule has 0 aromatic carbocycles. The van der Waals surface area contributed by atoms with Crippen LogP contribution in [0.15, 0.2) is 24.9 Å². The first-order chi connectivity index (χ1) is 5.74. The first kappa shape index (κ1) is 9.07. The summed E-state index contributed by atoms with van der Waals surface area (Å²) in [6, 6.07) is 3.43. The topological polar surface area (TPSA) is 22.1 Å². The zero-order valence-corrected chi connectivity index (χ0v) is 7.64. The van der Waals surface area contributed by atoms with Crippen molar-refractivity contribution in [1.82, 2.24) is 4.98 Å². The van der Waals surface area contributed by atoms with Crippen LogP contribution in [0.25, 0.3) is 5.76 Å². The first-order valence-electron chi connectivity index (χ1n) is 3.67. The van der Waals surface area contributed by atoms with Crippen LogP contribution in [-0.2, 0) is 4.74 Å². The maximum absolute atomic E-state index is 5.75. The molecule has 0 unspecified atom stereocenters. The van der Waals surface area contributed by atoms with Crippen LogP contribution < -0.4 is 0 Å². The smallest absolute Gasteiger partial charge is 0.137 e. The molecule has 3 heteroatoms. The van der Waals surface area contributed by atoms with Gasteiger partial charge < -0.3 is 4.74 Å². The Kier molecular flexibility index (Phi) is 3.11. The first-order valence-corrected chi connectivity index (χ1v) is 4.05. The van der Waals surface area contributed by atoms with E-state index in [1.807, 2.05) is 6.92 Å². The summed E-state index contributed by atoms with van der Waals surface area (Å²) in [7, 11) is 0. The molecule has 0 aliphatic heterocycles. The highest BCUT2D eigenvalue weighted by Gasteiger charge is 2.00. The summed E-state index contributed by atoms with van der Waals surface area (Å²) in [5, 5.41) is 0.640. The van der Waals surface area contributed by atoms with Gasteiger partial charge in [-0.1, -0.05) is 18.2 Å². The summed E-state index contributed by atoms with van der Waals surface area (Å²) in [5.41, 5.74) is 0.685. The van der Waals surface area contributed by atoms with E-state index in [2.05, 4.69) is 11.6 Å². The van der Waals surface area contributed by atoms with Gasteiger partial charge in [0.15, 0.2) is 0 Å². The third kappa shape index (κ3) is 2.24. The molecule has 0 radical (unpaired) electrons. The number of nitrogens with zero attached hydrogens (tertiary/aromatic N) is 1. The quantitative estimate of drug-likeness (QED) is 0.673. The van der Waals surface area contributed by atoms with Crippen LogP contribution in [0.1, 0.15) is 12.6 Å². The van der Waals surface area contributed by atoms with E-state index >= 15 is 0 Å². The molecule has 0 atom stereocenters. The number of rotatable bonds is 3. The molecule has 12 heavy (non-hydrogen) atoms. The van der Waals surface area contributed by atoms with Gasteiger partial charge in [-0.15, -0.1) is 0 Å². The summed E-state index contributed by atoms with van der Waals surface area (Å²) >= 11 is 5.75. The molecule has 1 aromatic heterocycles. The second-order valence-electron chi connectivity index (χ2n) is 2.22. The van der Waals surface area contributed by atoms with E-state index in [4.69, 9.17) is 16.3 Å². The van der Waals surface area contributed by atoms with E-state index < -0.39 is 0 Å². The lowest BCUT2D eigenvalue weighted by atomic mass is 10.3. The highest BCUT2D eigenvalue weighted by Crippen LogP contribution is 2.15. The van der Waals surface area contributed by atoms with Crippen molar-refractivity contribution >= 4 is 17.4 Å². The van der Waals surface area contributed by atoms with Gasteiger partial charge in [-0.25, -0.2) is 0 Å². The zero-order chi connectivity index (χ0) is 8.97. The average molecular weight is 184 g/mol. The molecule has 1 heterocycles. The minimum absolute atomic E-state index is 0.556. The Bertz CT molecular complexity index is 286. The molecule has 0 saturated heterocycles. The molecule has 0 aliphatic carbocycles. The van der Waals surface area contributed by atoms with Gasteiger partial charge in [0.25, 0.3) is 0 Å². The van der Waals surface area contributed by atoms with Crippen LogP contribution in [0.3, 0.4) is 0 Å². The molecule has 64 valence electrons. The fourth-order valence-electron chi connectivity index (χ4n) is 0.805. The van der Waals surface area contributed by atoms with E-state index in [0.717, 1.165) is 0 Å². The molecule has 2 nitrogen and oxygen atoms in total. The molecule has 1 aromatic rings. The monoisotopic (exact) mass is 183 g/mol. The molecule has 1 rings (SSSR count). The fourth-order valence-corrected chi connectivity index (χ4v) is 0.965. The molecular weight excluding hydrogens is 174 g/mol. The van der Waals surface area contributed by atoms with Crippen molar-refractivity contribution < 1.29 is 4.74 Å². The summed E-state index contributed by atoms with van der Waals surface area (Å²) in [6.07, 6.45) is 1.63. The molecule has 0 fully saturated rings. The summed E-state index contributed by atoms with van der Waals surface area (Å²) < 4.78 is 5.17. The molecule has 0 aliphatic rings. The highest BCUT2D eigenvalue weighted by molar-refractivity contribution is 6.30. The van der Waals surface area contributed by atoms with Crippen molar-refractivity contribution in [3.63, 3.8) is 0 Å². The van der Waals surface area contributed by atoms with Gasteiger partial charge in [-0.2, -0.15) is 0 Å². The van der Waals surface area contributed by atoms with E-state index in [0.29, 0.717) is 23.1 Å². The Labute approximate surface area is 76.8 Å². The van der Waals surface area contributed by atoms with Gasteiger partial charge in [-0.3, -0.25) is 4.98 Å². The SMILES string of the molecule is C=C(OCC)c1cc(Cl)ccn1. The highest BCUT2D eigenvalue weighted by atomic mass is 35.5. The normalized spacial score (nSPS) is 9.50. The maximum atomic E-state index is 5.75. The van der Waals surface area contributed by atoms with Gasteiger partial charge in [0.2, 0.25) is 0 Å². The summed E-state index contributed by atoms with van der Waals surface area (Å²) in [4.78, 5) is 4.05. The van der Waals surface area contributed by atoms with E-state index in [1.165, 1.54) is 0 Å². The standard InChI is InChI=1S/C9H10ClNO/c1-3-12-7(2)9-6-8(10)4-5-11-9/h4-6H,2-3H2,1H3. The van der Waals surface area contributed by atoms with Crippen LogP contribution in [0, 0.1) is 0 Å². The van der Waals surface area contributed by atoms with Crippen molar-refractivity contribution in [1.29, 1.82) is 0 Å². The molecule has 0 saturated carbocycles. The molecule has 0 bridgehead atoms. The van der Waals surface area contributed by atoms with Crippen LogP contribution in [-0.4, -0.2) is 11.6 Å². The minimum Gasteiger partial charge on any atom is -0.492 e. The third-order valence-corrected chi connectivity index (χ3v) is 1.56. The number of hydrogen-bond acceptors (Lipinski definition) is 2. The second-order valence-corrected chi connectivity index (χ2v) is 2.65. The van der Waals surface area contributed by atoms with Crippen LogP contribution in [0.2, 0.25) is 5.02 Å². The van der Waals surface area contributed by atoms with Crippen LogP contribution in [0.4, 0.5) is 0 Å². The number of aromatic nitrogens is 1. The Balaban J connectivity index is 2.81. The number of hydrogen-bond donors (Lipinski definition) is 0. The number of ether oxygens (including phenoxy) is 1. The van der Waals surface area contributed by atoms with Gasteiger partial charge in [0, 0.05) is 11.2 Å². The van der Waals surface area contributed by atoms with E-state index in [9.17, 15) is 0 Å².